The Hall–Kier alpha value is -2.68. The number of sulfonamides is 1. The van der Waals surface area contributed by atoms with E-state index < -0.39 is 28.8 Å². The van der Waals surface area contributed by atoms with E-state index in [2.05, 4.69) is 0 Å². The average molecular weight is 410 g/mol. The van der Waals surface area contributed by atoms with Crippen LogP contribution in [0.1, 0.15) is 5.56 Å². The van der Waals surface area contributed by atoms with Crippen LogP contribution in [0.2, 0.25) is 0 Å². The maximum atomic E-state index is 13.7. The van der Waals surface area contributed by atoms with Crippen molar-refractivity contribution in [2.24, 2.45) is 0 Å². The van der Waals surface area contributed by atoms with Gasteiger partial charge in [-0.25, -0.2) is 12.7 Å². The molecule has 1 unspecified atom stereocenters. The van der Waals surface area contributed by atoms with Crippen LogP contribution >= 0.6 is 0 Å². The van der Waals surface area contributed by atoms with Crippen molar-refractivity contribution in [1.29, 1.82) is 0 Å². The summed E-state index contributed by atoms with van der Waals surface area (Å²) in [6.07, 6.45) is -4.71. The summed E-state index contributed by atoms with van der Waals surface area (Å²) >= 11 is 0. The molecule has 2 aromatic carbocycles. The molecule has 0 N–H and O–H groups in total. The van der Waals surface area contributed by atoms with Crippen molar-refractivity contribution in [2.45, 2.75) is 30.6 Å². The number of alkyl halides is 3. The maximum Gasteiger partial charge on any atom is 0.411 e. The number of aryl methyl sites for hydroxylation is 1. The monoisotopic (exact) mass is 410 g/mol. The largest absolute Gasteiger partial charge is 0.497 e. The number of nitrogens with zero attached hydrogens (tertiary/aromatic N) is 2. The fourth-order valence-corrected chi connectivity index (χ4v) is 5.12. The highest BCUT2D eigenvalue weighted by molar-refractivity contribution is 7.92. The topological polar surface area (TPSA) is 51.5 Å². The molecule has 28 heavy (non-hydrogen) atoms. The molecule has 1 atom stereocenters. The summed E-state index contributed by atoms with van der Waals surface area (Å²) < 4.78 is 74.6. The maximum absolute atomic E-state index is 13.7. The van der Waals surface area contributed by atoms with Crippen LogP contribution in [0.3, 0.4) is 0 Å². The zero-order valence-corrected chi connectivity index (χ0v) is 15.9. The number of benzene rings is 2. The zero-order chi connectivity index (χ0) is 20.3. The fourth-order valence-electron chi connectivity index (χ4n) is 3.49. The molecular weight excluding hydrogens is 393 g/mol. The minimum atomic E-state index is -4.71. The third-order valence-corrected chi connectivity index (χ3v) is 6.73. The second kappa shape index (κ2) is 6.16. The second-order valence-corrected chi connectivity index (χ2v) is 8.52. The number of rotatable bonds is 3. The Morgan fingerprint density at radius 2 is 1.75 bits per heavy atom. The zero-order valence-electron chi connectivity index (χ0n) is 15.1. The van der Waals surface area contributed by atoms with E-state index >= 15 is 0 Å². The molecule has 0 radical (unpaired) electrons. The number of methoxy groups -OCH3 is 1. The highest BCUT2D eigenvalue weighted by Gasteiger charge is 2.53. The van der Waals surface area contributed by atoms with E-state index in [9.17, 15) is 21.6 Å². The van der Waals surface area contributed by atoms with Gasteiger partial charge in [-0.05, 0) is 43.3 Å². The van der Waals surface area contributed by atoms with Gasteiger partial charge in [0.25, 0.3) is 10.0 Å². The van der Waals surface area contributed by atoms with Crippen molar-refractivity contribution >= 4 is 26.7 Å². The first-order valence-electron chi connectivity index (χ1n) is 8.48. The summed E-state index contributed by atoms with van der Waals surface area (Å²) in [7, 11) is -2.92. The van der Waals surface area contributed by atoms with Crippen molar-refractivity contribution in [3.63, 3.8) is 0 Å². The van der Waals surface area contributed by atoms with Gasteiger partial charge in [0.05, 0.1) is 24.1 Å². The molecule has 0 spiro atoms. The normalized spacial score (nSPS) is 17.2. The predicted molar refractivity (Wildman–Crippen MR) is 99.2 cm³/mol. The van der Waals surface area contributed by atoms with Gasteiger partial charge in [-0.3, -0.25) is 0 Å². The van der Waals surface area contributed by atoms with Crippen LogP contribution in [0, 0.1) is 6.92 Å². The lowest BCUT2D eigenvalue weighted by Gasteiger charge is -2.27. The van der Waals surface area contributed by atoms with E-state index in [0.29, 0.717) is 21.0 Å². The fraction of sp³-hybridized carbons (Fsp3) is 0.263. The van der Waals surface area contributed by atoms with E-state index in [0.717, 1.165) is 5.56 Å². The van der Waals surface area contributed by atoms with Crippen LogP contribution in [0.15, 0.2) is 53.4 Å². The van der Waals surface area contributed by atoms with Crippen molar-refractivity contribution < 1.29 is 26.3 Å². The smallest absolute Gasteiger partial charge is 0.411 e. The van der Waals surface area contributed by atoms with E-state index in [1.165, 1.54) is 29.9 Å². The number of fused-ring (bicyclic) bond motifs is 3. The van der Waals surface area contributed by atoms with Crippen molar-refractivity contribution in [3.8, 4) is 5.75 Å². The summed E-state index contributed by atoms with van der Waals surface area (Å²) in [5, 5.41) is 0.610. The minimum absolute atomic E-state index is 0.00819. The summed E-state index contributed by atoms with van der Waals surface area (Å²) in [4.78, 5) is -0.177. The third kappa shape index (κ3) is 2.81. The van der Waals surface area contributed by atoms with E-state index in [-0.39, 0.29) is 10.7 Å². The van der Waals surface area contributed by atoms with Gasteiger partial charge in [-0.2, -0.15) is 13.2 Å². The molecule has 1 aliphatic heterocycles. The first-order valence-corrected chi connectivity index (χ1v) is 9.92. The van der Waals surface area contributed by atoms with Gasteiger partial charge in [0.2, 0.25) is 0 Å². The van der Waals surface area contributed by atoms with E-state index in [1.807, 2.05) is 0 Å². The summed E-state index contributed by atoms with van der Waals surface area (Å²) in [6, 6.07) is 9.99. The Morgan fingerprint density at radius 3 is 2.36 bits per heavy atom. The van der Waals surface area contributed by atoms with Crippen molar-refractivity contribution in [1.82, 2.24) is 4.57 Å². The summed E-state index contributed by atoms with van der Waals surface area (Å²) in [5.74, 6) is 0.531. The van der Waals surface area contributed by atoms with Crippen LogP contribution in [-0.4, -0.2) is 32.3 Å². The number of hydrogen-bond donors (Lipinski definition) is 0. The molecular formula is C19H17F3N2O3S. The second-order valence-electron chi connectivity index (χ2n) is 6.71. The first-order chi connectivity index (χ1) is 13.1. The lowest BCUT2D eigenvalue weighted by molar-refractivity contribution is -0.145. The van der Waals surface area contributed by atoms with Gasteiger partial charge in [0, 0.05) is 5.39 Å². The molecule has 0 fully saturated rings. The first kappa shape index (κ1) is 18.7. The van der Waals surface area contributed by atoms with Gasteiger partial charge >= 0.3 is 6.18 Å². The Kier molecular flexibility index (Phi) is 4.11. The number of halogens is 3. The van der Waals surface area contributed by atoms with Gasteiger partial charge in [0.15, 0.2) is 6.04 Å². The van der Waals surface area contributed by atoms with Crippen LogP contribution in [0.4, 0.5) is 19.0 Å². The Balaban J connectivity index is 1.92. The molecule has 0 aliphatic carbocycles. The van der Waals surface area contributed by atoms with Gasteiger partial charge < -0.3 is 9.30 Å². The van der Waals surface area contributed by atoms with Crippen LogP contribution in [-0.2, 0) is 16.6 Å². The molecule has 0 bridgehead atoms. The average Bonchev–Trinajstić information content (AvgIpc) is 3.17. The molecule has 2 heterocycles. The Morgan fingerprint density at radius 1 is 1.07 bits per heavy atom. The Labute approximate surface area is 160 Å². The highest BCUT2D eigenvalue weighted by atomic mass is 32.2. The molecule has 0 amide bonds. The van der Waals surface area contributed by atoms with Crippen LogP contribution in [0.5, 0.6) is 5.75 Å². The predicted octanol–water partition coefficient (Wildman–Crippen LogP) is 4.10. The van der Waals surface area contributed by atoms with Gasteiger partial charge in [-0.15, -0.1) is 0 Å². The quantitative estimate of drug-likeness (QED) is 0.653. The molecule has 5 nitrogen and oxygen atoms in total. The number of ether oxygens (including phenoxy) is 1. The van der Waals surface area contributed by atoms with Crippen LogP contribution in [0.25, 0.3) is 10.9 Å². The molecule has 0 saturated carbocycles. The molecule has 3 aromatic rings. The molecule has 1 aliphatic rings. The molecule has 1 aromatic heterocycles. The highest BCUT2D eigenvalue weighted by Crippen LogP contribution is 2.43. The standard InChI is InChI=1S/C19H17F3N2O3S/c1-12-3-6-15(7-4-12)28(25,26)24-17(19(20,21)22)11-23-16-8-5-14(27-2)9-13(16)10-18(23)24/h3-10,17H,11H2,1-2H3. The van der Waals surface area contributed by atoms with Crippen LogP contribution < -0.4 is 9.04 Å². The number of aromatic nitrogens is 1. The summed E-state index contributed by atoms with van der Waals surface area (Å²) in [5.41, 5.74) is 1.33. The molecule has 0 saturated heterocycles. The summed E-state index contributed by atoms with van der Waals surface area (Å²) in [6.45, 7) is 1.27. The van der Waals surface area contributed by atoms with E-state index in [4.69, 9.17) is 4.74 Å². The van der Waals surface area contributed by atoms with Crippen molar-refractivity contribution in [2.75, 3.05) is 11.4 Å². The lowest BCUT2D eigenvalue weighted by Crippen LogP contribution is -2.47. The van der Waals surface area contributed by atoms with Gasteiger partial charge in [0.1, 0.15) is 11.6 Å². The lowest BCUT2D eigenvalue weighted by atomic mass is 10.2. The Bertz CT molecular complexity index is 1150. The van der Waals surface area contributed by atoms with E-state index in [1.54, 1.807) is 37.3 Å². The van der Waals surface area contributed by atoms with Gasteiger partial charge in [-0.1, -0.05) is 17.7 Å². The molecule has 9 heteroatoms. The number of hydrogen-bond acceptors (Lipinski definition) is 3. The molecule has 148 valence electrons. The van der Waals surface area contributed by atoms with Crippen molar-refractivity contribution in [3.05, 3.63) is 54.1 Å². The SMILES string of the molecule is COc1ccc2c(c1)cc1n2CC(C(F)(F)F)N1S(=O)(=O)c1ccc(C)cc1. The third-order valence-electron chi connectivity index (χ3n) is 4.91. The minimum Gasteiger partial charge on any atom is -0.497 e. The number of anilines is 1. The molecule has 4 rings (SSSR count).